The summed E-state index contributed by atoms with van der Waals surface area (Å²) in [6.07, 6.45) is -2.19. The first-order valence-corrected chi connectivity index (χ1v) is 5.06. The van der Waals surface area contributed by atoms with Crippen molar-refractivity contribution in [2.75, 3.05) is 12.4 Å². The highest BCUT2D eigenvalue weighted by Gasteiger charge is 2.33. The molecule has 1 aromatic rings. The number of rotatable bonds is 3. The van der Waals surface area contributed by atoms with Crippen LogP contribution >= 0.6 is 0 Å². The first kappa shape index (κ1) is 11.1. The molecule has 0 bridgehead atoms. The molecule has 1 fully saturated rings. The van der Waals surface area contributed by atoms with E-state index in [9.17, 15) is 13.2 Å². The third-order valence-electron chi connectivity index (χ3n) is 2.39. The maximum absolute atomic E-state index is 12.6. The molecule has 1 saturated carbocycles. The van der Waals surface area contributed by atoms with Crippen molar-refractivity contribution in [3.05, 3.63) is 23.8 Å². The Kier molecular flexibility index (Phi) is 2.69. The summed E-state index contributed by atoms with van der Waals surface area (Å²) in [7, 11) is 1.46. The third-order valence-corrected chi connectivity index (χ3v) is 2.39. The molecule has 16 heavy (non-hydrogen) atoms. The molecular formula is C11H12F3NO. The number of anilines is 1. The summed E-state index contributed by atoms with van der Waals surface area (Å²) >= 11 is 0. The van der Waals surface area contributed by atoms with Crippen LogP contribution in [0, 0.1) is 0 Å². The molecule has 0 aliphatic heterocycles. The Morgan fingerprint density at radius 1 is 1.31 bits per heavy atom. The van der Waals surface area contributed by atoms with Crippen LogP contribution < -0.4 is 10.1 Å². The lowest BCUT2D eigenvalue weighted by Gasteiger charge is -2.14. The van der Waals surface area contributed by atoms with E-state index in [0.29, 0.717) is 5.75 Å². The zero-order valence-electron chi connectivity index (χ0n) is 8.77. The van der Waals surface area contributed by atoms with Crippen molar-refractivity contribution in [2.45, 2.75) is 25.1 Å². The Bertz CT molecular complexity index is 385. The second-order valence-corrected chi connectivity index (χ2v) is 3.77. The average Bonchev–Trinajstić information content (AvgIpc) is 3.00. The van der Waals surface area contributed by atoms with Crippen molar-refractivity contribution in [2.24, 2.45) is 0 Å². The van der Waals surface area contributed by atoms with Gasteiger partial charge in [-0.15, -0.1) is 0 Å². The van der Waals surface area contributed by atoms with Crippen molar-refractivity contribution >= 4 is 5.69 Å². The molecule has 2 rings (SSSR count). The van der Waals surface area contributed by atoms with Crippen molar-refractivity contribution in [3.63, 3.8) is 0 Å². The second kappa shape index (κ2) is 3.88. The highest BCUT2D eigenvalue weighted by molar-refractivity contribution is 5.56. The minimum atomic E-state index is -4.34. The van der Waals surface area contributed by atoms with E-state index in [0.717, 1.165) is 18.9 Å². The molecule has 0 aromatic heterocycles. The van der Waals surface area contributed by atoms with Crippen molar-refractivity contribution in [3.8, 4) is 5.75 Å². The van der Waals surface area contributed by atoms with Gasteiger partial charge in [0.15, 0.2) is 0 Å². The van der Waals surface area contributed by atoms with Gasteiger partial charge in [0.25, 0.3) is 0 Å². The van der Waals surface area contributed by atoms with Gasteiger partial charge < -0.3 is 10.1 Å². The minimum absolute atomic E-state index is 0.0469. The first-order valence-electron chi connectivity index (χ1n) is 5.06. The average molecular weight is 231 g/mol. The zero-order chi connectivity index (χ0) is 11.8. The smallest absolute Gasteiger partial charge is 0.418 e. The van der Waals surface area contributed by atoms with E-state index in [4.69, 9.17) is 4.74 Å². The lowest BCUT2D eigenvalue weighted by Crippen LogP contribution is -2.09. The Balaban J connectivity index is 2.26. The Morgan fingerprint density at radius 2 is 2.00 bits per heavy atom. The van der Waals surface area contributed by atoms with E-state index in [1.807, 2.05) is 0 Å². The van der Waals surface area contributed by atoms with E-state index in [-0.39, 0.29) is 11.8 Å². The van der Waals surface area contributed by atoms with Crippen LogP contribution in [-0.4, -0.2) is 13.2 Å². The molecule has 2 nitrogen and oxygen atoms in total. The summed E-state index contributed by atoms with van der Waals surface area (Å²) < 4.78 is 43.1. The highest BCUT2D eigenvalue weighted by Crippen LogP contribution is 2.37. The molecule has 0 amide bonds. The van der Waals surface area contributed by atoms with Gasteiger partial charge in [-0.25, -0.2) is 0 Å². The number of nitrogens with one attached hydrogen (secondary N) is 1. The number of benzene rings is 1. The van der Waals surface area contributed by atoms with Gasteiger partial charge in [0.2, 0.25) is 0 Å². The number of halogens is 3. The van der Waals surface area contributed by atoms with Crippen molar-refractivity contribution < 1.29 is 17.9 Å². The summed E-state index contributed by atoms with van der Waals surface area (Å²) in [6.45, 7) is 0. The molecule has 0 heterocycles. The molecule has 1 aromatic carbocycles. The first-order chi connectivity index (χ1) is 7.50. The van der Waals surface area contributed by atoms with Gasteiger partial charge in [-0.1, -0.05) is 0 Å². The summed E-state index contributed by atoms with van der Waals surface area (Å²) in [5, 5.41) is 2.54. The van der Waals surface area contributed by atoms with Crippen molar-refractivity contribution in [1.82, 2.24) is 0 Å². The van der Waals surface area contributed by atoms with Gasteiger partial charge in [0.1, 0.15) is 5.75 Å². The number of hydrogen-bond donors (Lipinski definition) is 1. The van der Waals surface area contributed by atoms with Crippen LogP contribution in [-0.2, 0) is 6.18 Å². The van der Waals surface area contributed by atoms with Gasteiger partial charge >= 0.3 is 6.18 Å². The molecule has 1 N–H and O–H groups in total. The SMILES string of the molecule is CNc1cc(OC2CC2)ccc1C(F)(F)F. The van der Waals surface area contributed by atoms with Gasteiger partial charge in [0, 0.05) is 18.8 Å². The number of hydrogen-bond acceptors (Lipinski definition) is 2. The maximum Gasteiger partial charge on any atom is 0.418 e. The van der Waals surface area contributed by atoms with Crippen LogP contribution in [0.1, 0.15) is 18.4 Å². The van der Waals surface area contributed by atoms with Crippen LogP contribution in [0.3, 0.4) is 0 Å². The van der Waals surface area contributed by atoms with E-state index in [2.05, 4.69) is 5.32 Å². The Labute approximate surface area is 91.4 Å². The van der Waals surface area contributed by atoms with Crippen molar-refractivity contribution in [1.29, 1.82) is 0 Å². The van der Waals surface area contributed by atoms with E-state index in [1.165, 1.54) is 19.2 Å². The molecule has 1 aliphatic rings. The molecule has 0 unspecified atom stereocenters. The van der Waals surface area contributed by atoms with Gasteiger partial charge in [-0.05, 0) is 25.0 Å². The maximum atomic E-state index is 12.6. The van der Waals surface area contributed by atoms with Crippen LogP contribution in [0.25, 0.3) is 0 Å². The minimum Gasteiger partial charge on any atom is -0.490 e. The summed E-state index contributed by atoms with van der Waals surface area (Å²) in [5.41, 5.74) is -0.621. The standard InChI is InChI=1S/C11H12F3NO/c1-15-10-6-8(16-7-2-3-7)4-5-9(10)11(12,13)14/h4-7,15H,2-3H2,1H3. The summed E-state index contributed by atoms with van der Waals surface area (Å²) in [6, 6.07) is 3.80. The Hall–Kier alpha value is -1.39. The predicted octanol–water partition coefficient (Wildman–Crippen LogP) is 3.29. The van der Waals surface area contributed by atoms with Crippen LogP contribution in [0.15, 0.2) is 18.2 Å². The van der Waals surface area contributed by atoms with Gasteiger partial charge in [-0.3, -0.25) is 0 Å². The highest BCUT2D eigenvalue weighted by atomic mass is 19.4. The lowest BCUT2D eigenvalue weighted by atomic mass is 10.1. The molecule has 0 saturated heterocycles. The fraction of sp³-hybridized carbons (Fsp3) is 0.455. The van der Waals surface area contributed by atoms with Crippen LogP contribution in [0.4, 0.5) is 18.9 Å². The molecule has 0 radical (unpaired) electrons. The van der Waals surface area contributed by atoms with E-state index in [1.54, 1.807) is 0 Å². The van der Waals surface area contributed by atoms with Crippen LogP contribution in [0.5, 0.6) is 5.75 Å². The monoisotopic (exact) mass is 231 g/mol. The largest absolute Gasteiger partial charge is 0.490 e. The van der Waals surface area contributed by atoms with E-state index < -0.39 is 11.7 Å². The van der Waals surface area contributed by atoms with Gasteiger partial charge in [0.05, 0.1) is 11.7 Å². The molecule has 0 spiro atoms. The second-order valence-electron chi connectivity index (χ2n) is 3.77. The third kappa shape index (κ3) is 2.40. The predicted molar refractivity (Wildman–Crippen MR) is 54.6 cm³/mol. The fourth-order valence-electron chi connectivity index (χ4n) is 1.43. The molecule has 0 atom stereocenters. The summed E-state index contributed by atoms with van der Waals surface area (Å²) in [4.78, 5) is 0. The Morgan fingerprint density at radius 3 is 2.50 bits per heavy atom. The van der Waals surface area contributed by atoms with Crippen LogP contribution in [0.2, 0.25) is 0 Å². The van der Waals surface area contributed by atoms with Gasteiger partial charge in [-0.2, -0.15) is 13.2 Å². The normalized spacial score (nSPS) is 16.0. The molecule has 88 valence electrons. The molecule has 5 heteroatoms. The molecular weight excluding hydrogens is 219 g/mol. The number of ether oxygens (including phenoxy) is 1. The quantitative estimate of drug-likeness (QED) is 0.861. The van der Waals surface area contributed by atoms with E-state index >= 15 is 0 Å². The summed E-state index contributed by atoms with van der Waals surface area (Å²) in [5.74, 6) is 0.486. The zero-order valence-corrected chi connectivity index (χ0v) is 8.77. The fourth-order valence-corrected chi connectivity index (χ4v) is 1.43. The topological polar surface area (TPSA) is 21.3 Å². The lowest BCUT2D eigenvalue weighted by molar-refractivity contribution is -0.136. The molecule has 1 aliphatic carbocycles. The number of alkyl halides is 3.